The van der Waals surface area contributed by atoms with Gasteiger partial charge in [-0.05, 0) is 29.3 Å². The van der Waals surface area contributed by atoms with E-state index in [9.17, 15) is 4.79 Å². The Morgan fingerprint density at radius 1 is 1.21 bits per heavy atom. The normalized spacial score (nSPS) is 11.6. The predicted molar refractivity (Wildman–Crippen MR) is 82.4 cm³/mol. The molecule has 0 heterocycles. The zero-order chi connectivity index (χ0) is 13.7. The Morgan fingerprint density at radius 2 is 1.95 bits per heavy atom. The average molecular weight is 319 g/mol. The Morgan fingerprint density at radius 3 is 2.68 bits per heavy atom. The molecule has 0 radical (unpaired) electrons. The summed E-state index contributed by atoms with van der Waals surface area (Å²) in [6, 6.07) is 14.2. The van der Waals surface area contributed by atoms with Crippen LogP contribution in [0.25, 0.3) is 16.8 Å². The summed E-state index contributed by atoms with van der Waals surface area (Å²) in [5.74, 6) is -0.271. The number of alkyl halides is 1. The molecule has 0 saturated carbocycles. The predicted octanol–water partition coefficient (Wildman–Crippen LogP) is 4.18. The fourth-order valence-electron chi connectivity index (χ4n) is 1.94. The summed E-state index contributed by atoms with van der Waals surface area (Å²) in [4.78, 5) is 11.8. The van der Waals surface area contributed by atoms with Gasteiger partial charge in [0, 0.05) is 10.9 Å². The third-order valence-electron chi connectivity index (χ3n) is 2.83. The van der Waals surface area contributed by atoms with Crippen molar-refractivity contribution >= 4 is 38.7 Å². The van der Waals surface area contributed by atoms with Crippen LogP contribution in [0.4, 0.5) is 0 Å². The van der Waals surface area contributed by atoms with Gasteiger partial charge in [0.2, 0.25) is 0 Å². The topological polar surface area (TPSA) is 26.3 Å². The largest absolute Gasteiger partial charge is 0.463 e. The minimum absolute atomic E-state index is 0.271. The SMILES string of the molecule is CCOC(=O)/C(=C/c1cccc2ccccc12)CBr. The summed E-state index contributed by atoms with van der Waals surface area (Å²) < 4.78 is 5.04. The Labute approximate surface area is 121 Å². The van der Waals surface area contributed by atoms with E-state index in [1.54, 1.807) is 0 Å². The van der Waals surface area contributed by atoms with Crippen LogP contribution in [0.1, 0.15) is 12.5 Å². The molecule has 0 amide bonds. The van der Waals surface area contributed by atoms with E-state index >= 15 is 0 Å². The van der Waals surface area contributed by atoms with Crippen LogP contribution in [-0.2, 0) is 9.53 Å². The van der Waals surface area contributed by atoms with Crippen molar-refractivity contribution in [2.24, 2.45) is 0 Å². The van der Waals surface area contributed by atoms with Crippen LogP contribution in [0.5, 0.6) is 0 Å². The molecule has 98 valence electrons. The maximum atomic E-state index is 11.8. The van der Waals surface area contributed by atoms with Crippen molar-refractivity contribution in [2.45, 2.75) is 6.92 Å². The number of ether oxygens (including phenoxy) is 1. The first kappa shape index (κ1) is 13.8. The molecule has 0 aliphatic rings. The second-order valence-corrected chi connectivity index (χ2v) is 4.65. The van der Waals surface area contributed by atoms with Gasteiger partial charge in [0.25, 0.3) is 0 Å². The van der Waals surface area contributed by atoms with Crippen LogP contribution in [0.2, 0.25) is 0 Å². The second kappa shape index (κ2) is 6.53. The zero-order valence-corrected chi connectivity index (χ0v) is 12.3. The van der Waals surface area contributed by atoms with Crippen molar-refractivity contribution in [3.63, 3.8) is 0 Å². The number of esters is 1. The van der Waals surface area contributed by atoms with E-state index in [0.29, 0.717) is 17.5 Å². The van der Waals surface area contributed by atoms with Crippen LogP contribution in [0, 0.1) is 0 Å². The molecule has 0 spiro atoms. The maximum Gasteiger partial charge on any atom is 0.334 e. The molecule has 19 heavy (non-hydrogen) atoms. The third-order valence-corrected chi connectivity index (χ3v) is 3.44. The van der Waals surface area contributed by atoms with Gasteiger partial charge in [0.15, 0.2) is 0 Å². The molecule has 0 bridgehead atoms. The quantitative estimate of drug-likeness (QED) is 0.480. The monoisotopic (exact) mass is 318 g/mol. The Kier molecular flexibility index (Phi) is 4.74. The molecule has 0 aliphatic heterocycles. The van der Waals surface area contributed by atoms with Crippen LogP contribution in [0.15, 0.2) is 48.0 Å². The number of carbonyl (C=O) groups excluding carboxylic acids is 1. The van der Waals surface area contributed by atoms with E-state index < -0.39 is 0 Å². The summed E-state index contributed by atoms with van der Waals surface area (Å²) in [5, 5.41) is 2.77. The molecule has 0 unspecified atom stereocenters. The smallest absolute Gasteiger partial charge is 0.334 e. The van der Waals surface area contributed by atoms with Gasteiger partial charge in [0.1, 0.15) is 0 Å². The minimum Gasteiger partial charge on any atom is -0.463 e. The molecule has 0 fully saturated rings. The Balaban J connectivity index is 2.46. The van der Waals surface area contributed by atoms with Gasteiger partial charge in [-0.15, -0.1) is 0 Å². The number of benzene rings is 2. The van der Waals surface area contributed by atoms with Gasteiger partial charge in [-0.2, -0.15) is 0 Å². The second-order valence-electron chi connectivity index (χ2n) is 4.09. The first-order valence-electron chi connectivity index (χ1n) is 6.17. The van der Waals surface area contributed by atoms with Crippen molar-refractivity contribution in [1.82, 2.24) is 0 Å². The summed E-state index contributed by atoms with van der Waals surface area (Å²) >= 11 is 3.34. The Bertz CT molecular complexity index is 612. The van der Waals surface area contributed by atoms with Crippen LogP contribution < -0.4 is 0 Å². The molecule has 0 saturated heterocycles. The van der Waals surface area contributed by atoms with Crippen LogP contribution in [0.3, 0.4) is 0 Å². The van der Waals surface area contributed by atoms with Crippen LogP contribution in [-0.4, -0.2) is 17.9 Å². The van der Waals surface area contributed by atoms with E-state index in [1.165, 1.54) is 0 Å². The molecule has 2 nitrogen and oxygen atoms in total. The lowest BCUT2D eigenvalue weighted by Gasteiger charge is -2.06. The highest BCUT2D eigenvalue weighted by Gasteiger charge is 2.09. The molecule has 3 heteroatoms. The van der Waals surface area contributed by atoms with Crippen LogP contribution >= 0.6 is 15.9 Å². The van der Waals surface area contributed by atoms with E-state index in [1.807, 2.05) is 37.3 Å². The van der Waals surface area contributed by atoms with Gasteiger partial charge in [0.05, 0.1) is 6.61 Å². The minimum atomic E-state index is -0.271. The summed E-state index contributed by atoms with van der Waals surface area (Å²) in [5.41, 5.74) is 1.65. The van der Waals surface area contributed by atoms with Gasteiger partial charge >= 0.3 is 5.97 Å². The zero-order valence-electron chi connectivity index (χ0n) is 10.7. The molecule has 2 aromatic rings. The highest BCUT2D eigenvalue weighted by atomic mass is 79.9. The standard InChI is InChI=1S/C16H15BrO2/c1-2-19-16(18)14(11-17)10-13-8-5-7-12-6-3-4-9-15(12)13/h3-10H,2,11H2,1H3/b14-10+. The molecule has 0 aromatic heterocycles. The number of rotatable bonds is 4. The van der Waals surface area contributed by atoms with E-state index in [4.69, 9.17) is 4.74 Å². The van der Waals surface area contributed by atoms with Crippen molar-refractivity contribution in [3.8, 4) is 0 Å². The van der Waals surface area contributed by atoms with Gasteiger partial charge < -0.3 is 4.74 Å². The van der Waals surface area contributed by atoms with Crippen molar-refractivity contribution < 1.29 is 9.53 Å². The molecule has 0 aliphatic carbocycles. The average Bonchev–Trinajstić information content (AvgIpc) is 2.45. The molecular formula is C16H15BrO2. The highest BCUT2D eigenvalue weighted by molar-refractivity contribution is 9.09. The summed E-state index contributed by atoms with van der Waals surface area (Å²) in [6.45, 7) is 2.19. The molecule has 2 rings (SSSR count). The van der Waals surface area contributed by atoms with E-state index in [-0.39, 0.29) is 5.97 Å². The van der Waals surface area contributed by atoms with Crippen molar-refractivity contribution in [2.75, 3.05) is 11.9 Å². The fraction of sp³-hybridized carbons (Fsp3) is 0.188. The van der Waals surface area contributed by atoms with E-state index in [0.717, 1.165) is 16.3 Å². The molecule has 0 N–H and O–H groups in total. The number of halogens is 1. The van der Waals surface area contributed by atoms with Crippen molar-refractivity contribution in [1.29, 1.82) is 0 Å². The molecule has 2 aromatic carbocycles. The number of carbonyl (C=O) groups is 1. The fourth-order valence-corrected chi connectivity index (χ4v) is 2.33. The van der Waals surface area contributed by atoms with Gasteiger partial charge in [-0.3, -0.25) is 0 Å². The lowest BCUT2D eigenvalue weighted by Crippen LogP contribution is -2.08. The van der Waals surface area contributed by atoms with Gasteiger partial charge in [-0.1, -0.05) is 58.4 Å². The van der Waals surface area contributed by atoms with Crippen molar-refractivity contribution in [3.05, 3.63) is 53.6 Å². The lowest BCUT2D eigenvalue weighted by molar-refractivity contribution is -0.138. The lowest BCUT2D eigenvalue weighted by atomic mass is 10.0. The Hall–Kier alpha value is -1.61. The number of fused-ring (bicyclic) bond motifs is 1. The highest BCUT2D eigenvalue weighted by Crippen LogP contribution is 2.21. The van der Waals surface area contributed by atoms with Gasteiger partial charge in [-0.25, -0.2) is 4.79 Å². The maximum absolute atomic E-state index is 11.8. The number of hydrogen-bond donors (Lipinski definition) is 0. The first-order valence-corrected chi connectivity index (χ1v) is 7.30. The molecule has 0 atom stereocenters. The summed E-state index contributed by atoms with van der Waals surface area (Å²) in [6.07, 6.45) is 1.88. The third kappa shape index (κ3) is 3.24. The molecular weight excluding hydrogens is 304 g/mol. The summed E-state index contributed by atoms with van der Waals surface area (Å²) in [7, 11) is 0. The first-order chi connectivity index (χ1) is 9.26. The number of hydrogen-bond acceptors (Lipinski definition) is 2. The van der Waals surface area contributed by atoms with E-state index in [2.05, 4.69) is 34.1 Å².